The van der Waals surface area contributed by atoms with E-state index in [9.17, 15) is 9.59 Å². The molecule has 0 fully saturated rings. The van der Waals surface area contributed by atoms with Crippen molar-refractivity contribution in [2.24, 2.45) is 4.99 Å². The highest BCUT2D eigenvalue weighted by Crippen LogP contribution is 2.33. The van der Waals surface area contributed by atoms with Crippen molar-refractivity contribution in [1.29, 1.82) is 0 Å². The summed E-state index contributed by atoms with van der Waals surface area (Å²) in [5.41, 5.74) is 2.68. The molecule has 6 nitrogen and oxygen atoms in total. The topological polar surface area (TPSA) is 69.9 Å². The second-order valence-electron chi connectivity index (χ2n) is 7.76. The average molecular weight is 479 g/mol. The van der Waals surface area contributed by atoms with Crippen molar-refractivity contribution >= 4 is 40.8 Å². The third-order valence-corrected chi connectivity index (χ3v) is 7.55. The van der Waals surface area contributed by atoms with Gasteiger partial charge >= 0.3 is 5.97 Å². The number of hydrogen-bond acceptors (Lipinski definition) is 7. The van der Waals surface area contributed by atoms with Crippen LogP contribution < -0.4 is 19.6 Å². The Bertz CT molecular complexity index is 1480. The quantitative estimate of drug-likeness (QED) is 0.537. The molecule has 2 aliphatic rings. The highest BCUT2D eigenvalue weighted by molar-refractivity contribution is 7.10. The van der Waals surface area contributed by atoms with Crippen LogP contribution >= 0.6 is 22.7 Å². The Morgan fingerprint density at radius 1 is 1.27 bits per heavy atom. The number of nitrogens with zero attached hydrogens (tertiary/aromatic N) is 2. The normalized spacial score (nSPS) is 19.8. The molecule has 168 valence electrons. The SMILES string of the molecule is CCOC(=O)C1=C(C)N=c2s/c(=C\C3=Cc4ccccc4O[C@H]3C)c(=O)n2[C@@H]1c1cccs1. The van der Waals surface area contributed by atoms with Gasteiger partial charge in [0.25, 0.3) is 5.56 Å². The molecule has 0 spiro atoms. The van der Waals surface area contributed by atoms with Crippen LogP contribution in [0.5, 0.6) is 5.75 Å². The summed E-state index contributed by atoms with van der Waals surface area (Å²) >= 11 is 2.82. The molecule has 2 atom stereocenters. The van der Waals surface area contributed by atoms with E-state index in [4.69, 9.17) is 9.47 Å². The van der Waals surface area contributed by atoms with E-state index in [2.05, 4.69) is 4.99 Å². The summed E-state index contributed by atoms with van der Waals surface area (Å²) in [4.78, 5) is 32.5. The summed E-state index contributed by atoms with van der Waals surface area (Å²) in [7, 11) is 0. The first-order valence-electron chi connectivity index (χ1n) is 10.7. The minimum absolute atomic E-state index is 0.182. The van der Waals surface area contributed by atoms with Crippen LogP contribution in [-0.2, 0) is 9.53 Å². The Morgan fingerprint density at radius 2 is 2.09 bits per heavy atom. The zero-order valence-corrected chi connectivity index (χ0v) is 20.0. The van der Waals surface area contributed by atoms with Gasteiger partial charge in [0.15, 0.2) is 4.80 Å². The standard InChI is InChI=1S/C25H22N2O4S2/c1-4-30-24(29)21-14(2)26-25-27(22(21)19-10-7-11-32-19)23(28)20(33-25)13-17-12-16-8-5-6-9-18(16)31-15(17)3/h5-13,15,22H,4H2,1-3H3/b20-13-/t15-,22+/m0/s1. The van der Waals surface area contributed by atoms with E-state index in [-0.39, 0.29) is 18.3 Å². The third-order valence-electron chi connectivity index (χ3n) is 5.64. The van der Waals surface area contributed by atoms with Crippen LogP contribution in [0.3, 0.4) is 0 Å². The number of rotatable bonds is 4. The fraction of sp³-hybridized carbons (Fsp3) is 0.240. The third kappa shape index (κ3) is 3.79. The molecule has 0 unspecified atom stereocenters. The van der Waals surface area contributed by atoms with Crippen LogP contribution in [0.25, 0.3) is 12.2 Å². The van der Waals surface area contributed by atoms with Gasteiger partial charge < -0.3 is 9.47 Å². The van der Waals surface area contributed by atoms with Gasteiger partial charge in [0.2, 0.25) is 0 Å². The number of allylic oxidation sites excluding steroid dienone is 1. The molecule has 0 aliphatic carbocycles. The second kappa shape index (κ2) is 8.61. The molecule has 33 heavy (non-hydrogen) atoms. The molecular formula is C25H22N2O4S2. The predicted molar refractivity (Wildman–Crippen MR) is 130 cm³/mol. The number of esters is 1. The van der Waals surface area contributed by atoms with Crippen molar-refractivity contribution in [3.8, 4) is 5.75 Å². The van der Waals surface area contributed by atoms with Gasteiger partial charge in [-0.05, 0) is 56.0 Å². The number of thiazole rings is 1. The molecule has 5 rings (SSSR count). The zero-order valence-electron chi connectivity index (χ0n) is 18.4. The second-order valence-corrected chi connectivity index (χ2v) is 9.75. The van der Waals surface area contributed by atoms with Gasteiger partial charge in [-0.3, -0.25) is 9.36 Å². The van der Waals surface area contributed by atoms with E-state index in [0.717, 1.165) is 21.8 Å². The molecule has 0 amide bonds. The molecule has 8 heteroatoms. The fourth-order valence-electron chi connectivity index (χ4n) is 4.08. The summed E-state index contributed by atoms with van der Waals surface area (Å²) in [6.45, 7) is 5.78. The smallest absolute Gasteiger partial charge is 0.338 e. The van der Waals surface area contributed by atoms with Crippen molar-refractivity contribution < 1.29 is 14.3 Å². The van der Waals surface area contributed by atoms with Gasteiger partial charge in [-0.25, -0.2) is 9.79 Å². The highest BCUT2D eigenvalue weighted by atomic mass is 32.1. The van der Waals surface area contributed by atoms with E-state index in [1.165, 1.54) is 22.7 Å². The number of hydrogen-bond donors (Lipinski definition) is 0. The fourth-order valence-corrected chi connectivity index (χ4v) is 5.95. The van der Waals surface area contributed by atoms with Crippen LogP contribution in [0, 0.1) is 0 Å². The Hall–Kier alpha value is -3.23. The first-order valence-corrected chi connectivity index (χ1v) is 12.4. The van der Waals surface area contributed by atoms with Gasteiger partial charge in [0.05, 0.1) is 22.4 Å². The maximum atomic E-state index is 13.6. The Morgan fingerprint density at radius 3 is 2.85 bits per heavy atom. The number of ether oxygens (including phenoxy) is 2. The van der Waals surface area contributed by atoms with Crippen molar-refractivity contribution in [2.75, 3.05) is 6.61 Å². The maximum absolute atomic E-state index is 13.6. The van der Waals surface area contributed by atoms with Crippen molar-refractivity contribution in [3.05, 3.63) is 88.7 Å². The molecule has 1 aromatic carbocycles. The van der Waals surface area contributed by atoms with Gasteiger partial charge in [0.1, 0.15) is 17.9 Å². The van der Waals surface area contributed by atoms with Gasteiger partial charge in [0, 0.05) is 10.4 Å². The maximum Gasteiger partial charge on any atom is 0.338 e. The Labute approximate surface area is 198 Å². The summed E-state index contributed by atoms with van der Waals surface area (Å²) in [6.07, 6.45) is 3.73. The Kier molecular flexibility index (Phi) is 5.64. The molecule has 0 N–H and O–H groups in total. The van der Waals surface area contributed by atoms with Gasteiger partial charge in [-0.15, -0.1) is 11.3 Å². The van der Waals surface area contributed by atoms with E-state index < -0.39 is 12.0 Å². The van der Waals surface area contributed by atoms with Gasteiger partial charge in [-0.2, -0.15) is 0 Å². The number of carbonyl (C=O) groups excluding carboxylic acids is 1. The number of aromatic nitrogens is 1. The number of benzene rings is 1. The molecule has 2 aliphatic heterocycles. The summed E-state index contributed by atoms with van der Waals surface area (Å²) < 4.78 is 13.5. The van der Waals surface area contributed by atoms with E-state index in [1.807, 2.05) is 60.9 Å². The minimum Gasteiger partial charge on any atom is -0.485 e. The van der Waals surface area contributed by atoms with Crippen LogP contribution in [-0.4, -0.2) is 23.2 Å². The molecule has 3 aromatic rings. The largest absolute Gasteiger partial charge is 0.485 e. The lowest BCUT2D eigenvalue weighted by Gasteiger charge is -2.23. The molecule has 0 saturated carbocycles. The molecular weight excluding hydrogens is 456 g/mol. The molecule has 0 bridgehead atoms. The number of thiophene rings is 1. The van der Waals surface area contributed by atoms with Crippen LogP contribution in [0.4, 0.5) is 0 Å². The average Bonchev–Trinajstić information content (AvgIpc) is 3.42. The van der Waals surface area contributed by atoms with Crippen molar-refractivity contribution in [1.82, 2.24) is 4.57 Å². The Balaban J connectivity index is 1.68. The summed E-state index contributed by atoms with van der Waals surface area (Å²) in [5.74, 6) is 0.385. The van der Waals surface area contributed by atoms with E-state index >= 15 is 0 Å². The lowest BCUT2D eigenvalue weighted by molar-refractivity contribution is -0.139. The van der Waals surface area contributed by atoms with Crippen LogP contribution in [0.2, 0.25) is 0 Å². The lowest BCUT2D eigenvalue weighted by Crippen LogP contribution is -2.39. The van der Waals surface area contributed by atoms with Gasteiger partial charge in [-0.1, -0.05) is 35.6 Å². The number of para-hydroxylation sites is 1. The van der Waals surface area contributed by atoms with Crippen molar-refractivity contribution in [3.63, 3.8) is 0 Å². The van der Waals surface area contributed by atoms with Crippen LogP contribution in [0.1, 0.15) is 37.3 Å². The number of fused-ring (bicyclic) bond motifs is 2. The first-order chi connectivity index (χ1) is 16.0. The van der Waals surface area contributed by atoms with Crippen LogP contribution in [0.15, 0.2) is 68.4 Å². The minimum atomic E-state index is -0.558. The summed E-state index contributed by atoms with van der Waals surface area (Å²) in [6, 6.07) is 11.1. The van der Waals surface area contributed by atoms with E-state index in [1.54, 1.807) is 18.4 Å². The first kappa shape index (κ1) is 21.6. The van der Waals surface area contributed by atoms with E-state index in [0.29, 0.717) is 20.6 Å². The number of carbonyl (C=O) groups is 1. The molecule has 2 aromatic heterocycles. The zero-order chi connectivity index (χ0) is 23.1. The molecule has 4 heterocycles. The highest BCUT2D eigenvalue weighted by Gasteiger charge is 2.34. The monoisotopic (exact) mass is 478 g/mol. The molecule has 0 radical (unpaired) electrons. The predicted octanol–water partition coefficient (Wildman–Crippen LogP) is 3.68. The van der Waals surface area contributed by atoms with Crippen molar-refractivity contribution in [2.45, 2.75) is 32.9 Å². The summed E-state index contributed by atoms with van der Waals surface area (Å²) in [5, 5.41) is 1.94. The lowest BCUT2D eigenvalue weighted by atomic mass is 10.0. The molecule has 0 saturated heterocycles.